The molecule has 1 heterocycles. The number of nitrogens with zero attached hydrogens (tertiary/aromatic N) is 1. The fraction of sp³-hybridized carbons (Fsp3) is 0.875. The van der Waals surface area contributed by atoms with E-state index >= 15 is 0 Å². The molecule has 1 aliphatic heterocycles. The molecule has 0 atom stereocenters. The Balaban J connectivity index is 3.30. The third-order valence-electron chi connectivity index (χ3n) is 4.65. The summed E-state index contributed by atoms with van der Waals surface area (Å²) in [6, 6.07) is 0.624. The van der Waals surface area contributed by atoms with Crippen molar-refractivity contribution in [2.45, 2.75) is 67.9 Å². The van der Waals surface area contributed by atoms with Gasteiger partial charge >= 0.3 is 0 Å². The lowest BCUT2D eigenvalue weighted by Crippen LogP contribution is -2.37. The van der Waals surface area contributed by atoms with Crippen LogP contribution in [0, 0.1) is 17.3 Å². The standard InChI is InChI=1S/C16H31N/c1-11(2)15-16(12(3)4,13(5)6)9-10-17(15)14(7)8/h12-14H,9-10H2,1-8H3. The lowest BCUT2D eigenvalue weighted by molar-refractivity contribution is 0.158. The highest BCUT2D eigenvalue weighted by atomic mass is 15.2. The molecule has 1 fully saturated rings. The molecule has 0 bridgehead atoms. The van der Waals surface area contributed by atoms with E-state index in [1.165, 1.54) is 18.5 Å². The van der Waals surface area contributed by atoms with Crippen molar-refractivity contribution in [3.8, 4) is 0 Å². The minimum atomic E-state index is 0.392. The van der Waals surface area contributed by atoms with Crippen LogP contribution in [0.1, 0.15) is 61.8 Å². The van der Waals surface area contributed by atoms with Crippen LogP contribution in [0.2, 0.25) is 0 Å². The van der Waals surface area contributed by atoms with Crippen LogP contribution in [0.4, 0.5) is 0 Å². The number of hydrogen-bond donors (Lipinski definition) is 0. The highest BCUT2D eigenvalue weighted by Gasteiger charge is 2.48. The molecule has 0 aliphatic carbocycles. The zero-order chi connectivity index (χ0) is 13.4. The molecule has 1 aliphatic rings. The molecule has 0 aromatic rings. The molecule has 0 N–H and O–H groups in total. The average molecular weight is 237 g/mol. The number of allylic oxidation sites excluding steroid dienone is 2. The Hall–Kier alpha value is -0.460. The second kappa shape index (κ2) is 5.04. The Morgan fingerprint density at radius 3 is 1.76 bits per heavy atom. The molecule has 0 aromatic carbocycles. The van der Waals surface area contributed by atoms with E-state index in [-0.39, 0.29) is 0 Å². The Kier molecular flexibility index (Phi) is 4.33. The van der Waals surface area contributed by atoms with Crippen LogP contribution in [0.3, 0.4) is 0 Å². The summed E-state index contributed by atoms with van der Waals surface area (Å²) in [5.74, 6) is 1.44. The van der Waals surface area contributed by atoms with E-state index in [0.29, 0.717) is 11.5 Å². The maximum absolute atomic E-state index is 2.63. The van der Waals surface area contributed by atoms with Crippen molar-refractivity contribution in [3.63, 3.8) is 0 Å². The van der Waals surface area contributed by atoms with Gasteiger partial charge in [-0.2, -0.15) is 0 Å². The van der Waals surface area contributed by atoms with Crippen LogP contribution < -0.4 is 0 Å². The molecule has 0 unspecified atom stereocenters. The van der Waals surface area contributed by atoms with Crippen LogP contribution in [0.25, 0.3) is 0 Å². The fourth-order valence-electron chi connectivity index (χ4n) is 3.86. The maximum Gasteiger partial charge on any atom is 0.0230 e. The van der Waals surface area contributed by atoms with Crippen molar-refractivity contribution in [2.24, 2.45) is 17.3 Å². The van der Waals surface area contributed by atoms with Gasteiger partial charge in [-0.1, -0.05) is 33.3 Å². The van der Waals surface area contributed by atoms with Gasteiger partial charge in [-0.25, -0.2) is 0 Å². The molecule has 1 nitrogen and oxygen atoms in total. The summed E-state index contributed by atoms with van der Waals surface area (Å²) in [7, 11) is 0. The maximum atomic E-state index is 2.63. The predicted octanol–water partition coefficient (Wildman–Crippen LogP) is 4.69. The van der Waals surface area contributed by atoms with E-state index in [2.05, 4.69) is 60.3 Å². The third kappa shape index (κ3) is 2.26. The zero-order valence-corrected chi connectivity index (χ0v) is 13.1. The summed E-state index contributed by atoms with van der Waals surface area (Å²) >= 11 is 0. The predicted molar refractivity (Wildman–Crippen MR) is 76.9 cm³/mol. The molecule has 100 valence electrons. The van der Waals surface area contributed by atoms with Gasteiger partial charge in [-0.05, 0) is 46.0 Å². The van der Waals surface area contributed by atoms with Gasteiger partial charge in [0, 0.05) is 23.7 Å². The largest absolute Gasteiger partial charge is 0.372 e. The van der Waals surface area contributed by atoms with Crippen LogP contribution in [-0.2, 0) is 0 Å². The first-order valence-corrected chi connectivity index (χ1v) is 7.19. The van der Waals surface area contributed by atoms with Gasteiger partial charge in [0.25, 0.3) is 0 Å². The van der Waals surface area contributed by atoms with Gasteiger partial charge in [0.1, 0.15) is 0 Å². The molecular weight excluding hydrogens is 206 g/mol. The van der Waals surface area contributed by atoms with Crippen molar-refractivity contribution in [1.29, 1.82) is 0 Å². The highest BCUT2D eigenvalue weighted by Crippen LogP contribution is 2.53. The van der Waals surface area contributed by atoms with Gasteiger partial charge in [0.15, 0.2) is 0 Å². The first-order chi connectivity index (χ1) is 7.75. The van der Waals surface area contributed by atoms with E-state index in [0.717, 1.165) is 11.8 Å². The number of hydrogen-bond acceptors (Lipinski definition) is 1. The zero-order valence-electron chi connectivity index (χ0n) is 13.1. The Labute approximate surface area is 108 Å². The summed E-state index contributed by atoms with van der Waals surface area (Å²) in [6.45, 7) is 20.0. The van der Waals surface area contributed by atoms with Crippen molar-refractivity contribution in [3.05, 3.63) is 11.3 Å². The van der Waals surface area contributed by atoms with Gasteiger partial charge in [0.05, 0.1) is 0 Å². The molecule has 1 saturated heterocycles. The smallest absolute Gasteiger partial charge is 0.0230 e. The Bertz CT molecular complexity index is 285. The molecule has 0 saturated carbocycles. The SMILES string of the molecule is CC(C)=C1N(C(C)C)CCC1(C(C)C)C(C)C. The van der Waals surface area contributed by atoms with Crippen LogP contribution >= 0.6 is 0 Å². The van der Waals surface area contributed by atoms with Gasteiger partial charge in [-0.15, -0.1) is 0 Å². The molecule has 0 radical (unpaired) electrons. The van der Waals surface area contributed by atoms with Gasteiger partial charge in [0.2, 0.25) is 0 Å². The van der Waals surface area contributed by atoms with Crippen molar-refractivity contribution in [1.82, 2.24) is 4.90 Å². The lowest BCUT2D eigenvalue weighted by Gasteiger charge is -2.42. The van der Waals surface area contributed by atoms with E-state index in [1.807, 2.05) is 0 Å². The van der Waals surface area contributed by atoms with Crippen molar-refractivity contribution in [2.75, 3.05) is 6.54 Å². The van der Waals surface area contributed by atoms with E-state index < -0.39 is 0 Å². The third-order valence-corrected chi connectivity index (χ3v) is 4.65. The molecule has 0 spiro atoms. The second-order valence-corrected chi connectivity index (χ2v) is 6.74. The summed E-state index contributed by atoms with van der Waals surface area (Å²) < 4.78 is 0. The first kappa shape index (κ1) is 14.6. The Morgan fingerprint density at radius 2 is 1.47 bits per heavy atom. The van der Waals surface area contributed by atoms with Crippen LogP contribution in [0.5, 0.6) is 0 Å². The normalized spacial score (nSPS) is 19.9. The van der Waals surface area contributed by atoms with E-state index in [4.69, 9.17) is 0 Å². The molecular formula is C16H31N. The van der Waals surface area contributed by atoms with Crippen LogP contribution in [-0.4, -0.2) is 17.5 Å². The first-order valence-electron chi connectivity index (χ1n) is 7.19. The van der Waals surface area contributed by atoms with Crippen molar-refractivity contribution >= 4 is 0 Å². The van der Waals surface area contributed by atoms with Crippen LogP contribution in [0.15, 0.2) is 11.3 Å². The van der Waals surface area contributed by atoms with Crippen molar-refractivity contribution < 1.29 is 0 Å². The summed E-state index contributed by atoms with van der Waals surface area (Å²) in [5, 5.41) is 0. The quantitative estimate of drug-likeness (QED) is 0.688. The topological polar surface area (TPSA) is 3.24 Å². The fourth-order valence-corrected chi connectivity index (χ4v) is 3.86. The Morgan fingerprint density at radius 1 is 1.00 bits per heavy atom. The molecule has 17 heavy (non-hydrogen) atoms. The summed E-state index contributed by atoms with van der Waals surface area (Å²) in [5.41, 5.74) is 3.54. The lowest BCUT2D eigenvalue weighted by atomic mass is 9.65. The number of likely N-dealkylation sites (tertiary alicyclic amines) is 1. The molecule has 1 rings (SSSR count). The summed E-state index contributed by atoms with van der Waals surface area (Å²) in [4.78, 5) is 2.63. The summed E-state index contributed by atoms with van der Waals surface area (Å²) in [6.07, 6.45) is 1.32. The monoisotopic (exact) mass is 237 g/mol. The average Bonchev–Trinajstić information content (AvgIpc) is 2.57. The second-order valence-electron chi connectivity index (χ2n) is 6.74. The minimum absolute atomic E-state index is 0.392. The number of rotatable bonds is 3. The molecule has 1 heteroatoms. The van der Waals surface area contributed by atoms with E-state index in [1.54, 1.807) is 5.70 Å². The minimum Gasteiger partial charge on any atom is -0.372 e. The highest BCUT2D eigenvalue weighted by molar-refractivity contribution is 5.25. The molecule has 0 aromatic heterocycles. The van der Waals surface area contributed by atoms with Gasteiger partial charge in [-0.3, -0.25) is 0 Å². The van der Waals surface area contributed by atoms with E-state index in [9.17, 15) is 0 Å². The molecule has 0 amide bonds. The van der Waals surface area contributed by atoms with Gasteiger partial charge < -0.3 is 4.90 Å².